The molecule has 2 rings (SSSR count). The van der Waals surface area contributed by atoms with Crippen LogP contribution < -0.4 is 5.32 Å². The predicted molar refractivity (Wildman–Crippen MR) is 72.5 cm³/mol. The van der Waals surface area contributed by atoms with Gasteiger partial charge in [-0.2, -0.15) is 0 Å². The molecule has 0 saturated heterocycles. The van der Waals surface area contributed by atoms with E-state index in [0.29, 0.717) is 11.6 Å². The number of carbonyl (C=O) groups excluding carboxylic acids is 1. The zero-order chi connectivity index (χ0) is 12.3. The zero-order valence-electron chi connectivity index (χ0n) is 10.1. The lowest BCUT2D eigenvalue weighted by Gasteiger charge is -1.97. The summed E-state index contributed by atoms with van der Waals surface area (Å²) in [6.45, 7) is 4.12. The Balaban J connectivity index is 2.22. The van der Waals surface area contributed by atoms with Gasteiger partial charge in [0.15, 0.2) is 5.13 Å². The predicted octanol–water partition coefficient (Wildman–Crippen LogP) is 3.60. The second kappa shape index (κ2) is 5.27. The Hall–Kier alpha value is -1.42. The first-order chi connectivity index (χ1) is 8.22. The summed E-state index contributed by atoms with van der Waals surface area (Å²) in [6, 6.07) is 6.24. The largest absolute Gasteiger partial charge is 0.302 e. The highest BCUT2D eigenvalue weighted by atomic mass is 32.1. The maximum absolute atomic E-state index is 11.5. The van der Waals surface area contributed by atoms with E-state index in [0.717, 1.165) is 23.1 Å². The quantitative estimate of drug-likeness (QED) is 0.898. The number of aryl methyl sites for hydroxylation is 1. The molecule has 0 aliphatic rings. The van der Waals surface area contributed by atoms with Gasteiger partial charge in [0, 0.05) is 6.42 Å². The van der Waals surface area contributed by atoms with Crippen LogP contribution in [0, 0.1) is 0 Å². The molecule has 0 radical (unpaired) electrons. The van der Waals surface area contributed by atoms with Crippen molar-refractivity contribution in [1.29, 1.82) is 0 Å². The number of carbonyl (C=O) groups is 1. The van der Waals surface area contributed by atoms with E-state index >= 15 is 0 Å². The van der Waals surface area contributed by atoms with Crippen molar-refractivity contribution in [3.8, 4) is 0 Å². The van der Waals surface area contributed by atoms with Gasteiger partial charge in [-0.1, -0.05) is 31.3 Å². The number of amides is 1. The maximum atomic E-state index is 11.5. The molecule has 90 valence electrons. The molecule has 3 nitrogen and oxygen atoms in total. The molecule has 0 saturated carbocycles. The van der Waals surface area contributed by atoms with Gasteiger partial charge in [0.1, 0.15) is 0 Å². The third kappa shape index (κ3) is 2.82. The highest BCUT2D eigenvalue weighted by Crippen LogP contribution is 2.27. The maximum Gasteiger partial charge on any atom is 0.226 e. The van der Waals surface area contributed by atoms with E-state index in [1.807, 2.05) is 13.0 Å². The Bertz CT molecular complexity index is 533. The van der Waals surface area contributed by atoms with Crippen molar-refractivity contribution in [3.05, 3.63) is 23.8 Å². The van der Waals surface area contributed by atoms with E-state index in [4.69, 9.17) is 0 Å². The zero-order valence-corrected chi connectivity index (χ0v) is 10.9. The normalized spacial score (nSPS) is 10.7. The summed E-state index contributed by atoms with van der Waals surface area (Å²) < 4.78 is 1.14. The Morgan fingerprint density at radius 2 is 2.24 bits per heavy atom. The summed E-state index contributed by atoms with van der Waals surface area (Å²) in [4.78, 5) is 15.9. The number of fused-ring (bicyclic) bond motifs is 1. The van der Waals surface area contributed by atoms with Crippen molar-refractivity contribution in [2.75, 3.05) is 5.32 Å². The van der Waals surface area contributed by atoms with Crippen LogP contribution in [0.1, 0.15) is 32.3 Å². The monoisotopic (exact) mass is 248 g/mol. The molecule has 0 fully saturated rings. The van der Waals surface area contributed by atoms with Crippen LogP contribution in [0.3, 0.4) is 0 Å². The van der Waals surface area contributed by atoms with Crippen LogP contribution in [0.4, 0.5) is 5.13 Å². The molecule has 0 unspecified atom stereocenters. The number of hydrogen-bond acceptors (Lipinski definition) is 3. The van der Waals surface area contributed by atoms with Crippen molar-refractivity contribution < 1.29 is 4.79 Å². The van der Waals surface area contributed by atoms with Crippen molar-refractivity contribution in [2.24, 2.45) is 0 Å². The summed E-state index contributed by atoms with van der Waals surface area (Å²) in [5.41, 5.74) is 2.26. The average Bonchev–Trinajstić information content (AvgIpc) is 2.69. The number of anilines is 1. The van der Waals surface area contributed by atoms with E-state index in [-0.39, 0.29) is 5.91 Å². The molecule has 2 aromatic rings. The molecule has 17 heavy (non-hydrogen) atoms. The molecule has 1 N–H and O–H groups in total. The van der Waals surface area contributed by atoms with Crippen molar-refractivity contribution in [2.45, 2.75) is 33.1 Å². The number of hydrogen-bond donors (Lipinski definition) is 1. The fourth-order valence-corrected chi connectivity index (χ4v) is 2.60. The van der Waals surface area contributed by atoms with Crippen molar-refractivity contribution in [1.82, 2.24) is 4.98 Å². The Morgan fingerprint density at radius 1 is 1.41 bits per heavy atom. The SMILES string of the molecule is CCCC(=O)Nc1nc2ccc(CC)cc2s1. The van der Waals surface area contributed by atoms with Crippen LogP contribution in [-0.2, 0) is 11.2 Å². The molecule has 0 spiro atoms. The average molecular weight is 248 g/mol. The number of rotatable bonds is 4. The summed E-state index contributed by atoms with van der Waals surface area (Å²) in [6.07, 6.45) is 2.43. The van der Waals surface area contributed by atoms with Gasteiger partial charge in [-0.05, 0) is 30.5 Å². The molecular weight excluding hydrogens is 232 g/mol. The number of benzene rings is 1. The molecule has 0 atom stereocenters. The van der Waals surface area contributed by atoms with Gasteiger partial charge in [-0.3, -0.25) is 4.79 Å². The summed E-state index contributed by atoms with van der Waals surface area (Å²) in [5, 5.41) is 3.54. The topological polar surface area (TPSA) is 42.0 Å². The van der Waals surface area contributed by atoms with Crippen LogP contribution in [0.25, 0.3) is 10.2 Å². The molecule has 0 aliphatic carbocycles. The molecule has 1 heterocycles. The Morgan fingerprint density at radius 3 is 2.94 bits per heavy atom. The summed E-state index contributed by atoms with van der Waals surface area (Å²) in [7, 11) is 0. The smallest absolute Gasteiger partial charge is 0.226 e. The first-order valence-electron chi connectivity index (χ1n) is 5.92. The molecule has 1 amide bonds. The standard InChI is InChI=1S/C13H16N2OS/c1-3-5-12(16)15-13-14-10-7-6-9(4-2)8-11(10)17-13/h6-8H,3-5H2,1-2H3,(H,14,15,16). The molecule has 4 heteroatoms. The molecule has 0 bridgehead atoms. The summed E-state index contributed by atoms with van der Waals surface area (Å²) >= 11 is 1.54. The number of nitrogens with one attached hydrogen (secondary N) is 1. The van der Waals surface area contributed by atoms with Gasteiger partial charge < -0.3 is 5.32 Å². The van der Waals surface area contributed by atoms with Gasteiger partial charge in [-0.15, -0.1) is 0 Å². The minimum Gasteiger partial charge on any atom is -0.302 e. The van der Waals surface area contributed by atoms with Crippen LogP contribution in [0.5, 0.6) is 0 Å². The number of nitrogens with zero attached hydrogens (tertiary/aromatic N) is 1. The van der Waals surface area contributed by atoms with Crippen LogP contribution in [0.2, 0.25) is 0 Å². The van der Waals surface area contributed by atoms with E-state index in [9.17, 15) is 4.79 Å². The molecule has 1 aromatic carbocycles. The second-order valence-corrected chi connectivity index (χ2v) is 5.00. The number of thiazole rings is 1. The number of aromatic nitrogens is 1. The van der Waals surface area contributed by atoms with Gasteiger partial charge in [0.05, 0.1) is 10.2 Å². The lowest BCUT2D eigenvalue weighted by atomic mass is 10.2. The third-order valence-electron chi connectivity index (χ3n) is 2.58. The highest BCUT2D eigenvalue weighted by Gasteiger charge is 2.07. The highest BCUT2D eigenvalue weighted by molar-refractivity contribution is 7.22. The molecule has 1 aromatic heterocycles. The Kier molecular flexibility index (Phi) is 3.74. The Labute approximate surface area is 105 Å². The van der Waals surface area contributed by atoms with Gasteiger partial charge in [0.2, 0.25) is 5.91 Å². The van der Waals surface area contributed by atoms with Crippen LogP contribution in [-0.4, -0.2) is 10.9 Å². The van der Waals surface area contributed by atoms with E-state index in [2.05, 4.69) is 29.4 Å². The fourth-order valence-electron chi connectivity index (χ4n) is 1.65. The van der Waals surface area contributed by atoms with Crippen LogP contribution in [0.15, 0.2) is 18.2 Å². The van der Waals surface area contributed by atoms with Crippen molar-refractivity contribution >= 4 is 32.6 Å². The first kappa shape index (κ1) is 12.0. The van der Waals surface area contributed by atoms with Gasteiger partial charge in [0.25, 0.3) is 0 Å². The fraction of sp³-hybridized carbons (Fsp3) is 0.385. The van der Waals surface area contributed by atoms with E-state index in [1.54, 1.807) is 0 Å². The molecular formula is C13H16N2OS. The summed E-state index contributed by atoms with van der Waals surface area (Å²) in [5.74, 6) is 0.0438. The van der Waals surface area contributed by atoms with Gasteiger partial charge >= 0.3 is 0 Å². The van der Waals surface area contributed by atoms with Gasteiger partial charge in [-0.25, -0.2) is 4.98 Å². The third-order valence-corrected chi connectivity index (χ3v) is 3.52. The minimum absolute atomic E-state index is 0.0438. The lowest BCUT2D eigenvalue weighted by Crippen LogP contribution is -2.09. The second-order valence-electron chi connectivity index (χ2n) is 3.97. The lowest BCUT2D eigenvalue weighted by molar-refractivity contribution is -0.116. The van der Waals surface area contributed by atoms with Crippen LogP contribution >= 0.6 is 11.3 Å². The molecule has 0 aliphatic heterocycles. The first-order valence-corrected chi connectivity index (χ1v) is 6.74. The van der Waals surface area contributed by atoms with E-state index in [1.165, 1.54) is 16.9 Å². The minimum atomic E-state index is 0.0438. The van der Waals surface area contributed by atoms with E-state index < -0.39 is 0 Å². The van der Waals surface area contributed by atoms with Crippen molar-refractivity contribution in [3.63, 3.8) is 0 Å².